The van der Waals surface area contributed by atoms with Gasteiger partial charge in [-0.1, -0.05) is 23.7 Å². The minimum absolute atomic E-state index is 0.0271. The van der Waals surface area contributed by atoms with Crippen LogP contribution in [0, 0.1) is 5.92 Å². The van der Waals surface area contributed by atoms with E-state index in [0.29, 0.717) is 24.7 Å². The Morgan fingerprint density at radius 3 is 2.84 bits per heavy atom. The quantitative estimate of drug-likeness (QED) is 0.705. The van der Waals surface area contributed by atoms with Gasteiger partial charge in [0.2, 0.25) is 5.91 Å². The van der Waals surface area contributed by atoms with Crippen molar-refractivity contribution < 1.29 is 4.79 Å². The summed E-state index contributed by atoms with van der Waals surface area (Å²) in [5, 5.41) is 7.86. The molecule has 2 aromatic heterocycles. The van der Waals surface area contributed by atoms with Gasteiger partial charge in [-0.15, -0.1) is 0 Å². The molecule has 0 saturated carbocycles. The van der Waals surface area contributed by atoms with Crippen LogP contribution >= 0.6 is 27.5 Å². The van der Waals surface area contributed by atoms with E-state index >= 15 is 0 Å². The van der Waals surface area contributed by atoms with Crippen molar-refractivity contribution in [2.45, 2.75) is 6.54 Å². The van der Waals surface area contributed by atoms with E-state index in [1.165, 1.54) is 6.33 Å². The number of amides is 1. The zero-order valence-electron chi connectivity index (χ0n) is 13.2. The molecule has 0 radical (unpaired) electrons. The maximum absolute atomic E-state index is 12.3. The number of benzene rings is 1. The molecule has 1 aliphatic rings. The number of rotatable bonds is 4. The highest BCUT2D eigenvalue weighted by Crippen LogP contribution is 2.28. The maximum Gasteiger partial charge on any atom is 0.226 e. The molecule has 3 aromatic rings. The van der Waals surface area contributed by atoms with Gasteiger partial charge >= 0.3 is 0 Å². The third-order valence-corrected chi connectivity index (χ3v) is 4.97. The predicted molar refractivity (Wildman–Crippen MR) is 99.7 cm³/mol. The molecule has 1 N–H and O–H groups in total. The Hall–Kier alpha value is -2.12. The number of nitrogens with zero attached hydrogens (tertiary/aromatic N) is 4. The molecule has 0 atom stereocenters. The summed E-state index contributed by atoms with van der Waals surface area (Å²) < 4.78 is 2.73. The first-order valence-corrected chi connectivity index (χ1v) is 9.03. The van der Waals surface area contributed by atoms with Crippen LogP contribution in [-0.2, 0) is 11.3 Å². The average Bonchev–Trinajstić information content (AvgIpc) is 2.94. The third kappa shape index (κ3) is 3.34. The number of nitrogens with one attached hydrogen (secondary N) is 1. The van der Waals surface area contributed by atoms with Gasteiger partial charge < -0.3 is 10.2 Å². The lowest BCUT2D eigenvalue weighted by atomic mass is 9.99. The fraction of sp³-hybridized carbons (Fsp3) is 0.235. The second-order valence-corrected chi connectivity index (χ2v) is 7.37. The normalized spacial score (nSPS) is 14.6. The molecule has 0 unspecified atom stereocenters. The van der Waals surface area contributed by atoms with Crippen molar-refractivity contribution in [2.75, 3.05) is 18.0 Å². The van der Waals surface area contributed by atoms with Gasteiger partial charge in [-0.25, -0.2) is 9.50 Å². The van der Waals surface area contributed by atoms with Crippen molar-refractivity contribution in [1.82, 2.24) is 19.9 Å². The number of fused-ring (bicyclic) bond motifs is 1. The molecule has 8 heteroatoms. The summed E-state index contributed by atoms with van der Waals surface area (Å²) in [7, 11) is 0. The SMILES string of the molecule is O=C(NCc1ccc(Cl)cc1)C1CN(c2ncnn3cc(Br)cc23)C1. The largest absolute Gasteiger partial charge is 0.353 e. The predicted octanol–water partition coefficient (Wildman–Crippen LogP) is 2.90. The summed E-state index contributed by atoms with van der Waals surface area (Å²) >= 11 is 9.32. The summed E-state index contributed by atoms with van der Waals surface area (Å²) in [6.07, 6.45) is 3.42. The molecular weight excluding hydrogens is 406 g/mol. The average molecular weight is 421 g/mol. The minimum Gasteiger partial charge on any atom is -0.353 e. The highest BCUT2D eigenvalue weighted by Gasteiger charge is 2.34. The summed E-state index contributed by atoms with van der Waals surface area (Å²) in [5.74, 6) is 0.885. The van der Waals surface area contributed by atoms with Gasteiger partial charge in [0.05, 0.1) is 5.92 Å². The Morgan fingerprint density at radius 2 is 2.08 bits per heavy atom. The fourth-order valence-corrected chi connectivity index (χ4v) is 3.42. The Kier molecular flexibility index (Phi) is 4.35. The maximum atomic E-state index is 12.3. The van der Waals surface area contributed by atoms with Crippen molar-refractivity contribution in [3.63, 3.8) is 0 Å². The molecule has 1 aliphatic heterocycles. The molecule has 1 fully saturated rings. The van der Waals surface area contributed by atoms with Gasteiger partial charge in [-0.2, -0.15) is 5.10 Å². The van der Waals surface area contributed by atoms with Crippen LogP contribution in [0.1, 0.15) is 5.56 Å². The lowest BCUT2D eigenvalue weighted by molar-refractivity contribution is -0.125. The fourth-order valence-electron chi connectivity index (χ4n) is 2.88. The first-order chi connectivity index (χ1) is 12.1. The number of carbonyl (C=O) groups is 1. The molecule has 4 rings (SSSR count). The number of hydrogen-bond donors (Lipinski definition) is 1. The van der Waals surface area contributed by atoms with Crippen LogP contribution in [-0.4, -0.2) is 33.6 Å². The Balaban J connectivity index is 1.36. The zero-order valence-corrected chi connectivity index (χ0v) is 15.5. The van der Waals surface area contributed by atoms with Crippen LogP contribution in [0.15, 0.2) is 47.3 Å². The second-order valence-electron chi connectivity index (χ2n) is 6.02. The molecule has 0 spiro atoms. The van der Waals surface area contributed by atoms with Crippen LogP contribution in [0.3, 0.4) is 0 Å². The molecule has 1 amide bonds. The molecule has 0 aliphatic carbocycles. The van der Waals surface area contributed by atoms with Crippen LogP contribution in [0.5, 0.6) is 0 Å². The van der Waals surface area contributed by atoms with Crippen molar-refractivity contribution in [1.29, 1.82) is 0 Å². The van der Waals surface area contributed by atoms with Gasteiger partial charge in [-0.05, 0) is 39.7 Å². The van der Waals surface area contributed by atoms with Gasteiger partial charge in [-0.3, -0.25) is 4.79 Å². The van der Waals surface area contributed by atoms with Crippen molar-refractivity contribution in [3.05, 3.63) is 57.9 Å². The van der Waals surface area contributed by atoms with Crippen molar-refractivity contribution in [3.8, 4) is 0 Å². The number of halogens is 2. The second kappa shape index (κ2) is 6.65. The van der Waals surface area contributed by atoms with Gasteiger partial charge in [0.1, 0.15) is 11.8 Å². The first kappa shape index (κ1) is 16.4. The molecule has 3 heterocycles. The standard InChI is InChI=1S/C17H15BrClN5O/c18-13-5-15-16(21-10-22-24(15)9-13)23-7-12(8-23)17(25)20-6-11-1-3-14(19)4-2-11/h1-5,9-10,12H,6-8H2,(H,20,25). The van der Waals surface area contributed by atoms with E-state index < -0.39 is 0 Å². The van der Waals surface area contributed by atoms with E-state index in [0.717, 1.165) is 21.4 Å². The van der Waals surface area contributed by atoms with E-state index in [9.17, 15) is 4.79 Å². The van der Waals surface area contributed by atoms with Crippen LogP contribution in [0.4, 0.5) is 5.82 Å². The van der Waals surface area contributed by atoms with E-state index in [4.69, 9.17) is 11.6 Å². The molecule has 0 bridgehead atoms. The number of aromatic nitrogens is 3. The van der Waals surface area contributed by atoms with Crippen LogP contribution in [0.25, 0.3) is 5.52 Å². The van der Waals surface area contributed by atoms with Gasteiger partial charge in [0, 0.05) is 35.3 Å². The van der Waals surface area contributed by atoms with E-state index in [-0.39, 0.29) is 11.8 Å². The molecule has 6 nitrogen and oxygen atoms in total. The Bertz CT molecular complexity index is 920. The Labute approximate surface area is 157 Å². The topological polar surface area (TPSA) is 62.5 Å². The highest BCUT2D eigenvalue weighted by molar-refractivity contribution is 9.10. The lowest BCUT2D eigenvalue weighted by Crippen LogP contribution is -2.54. The molecule has 25 heavy (non-hydrogen) atoms. The number of hydrogen-bond acceptors (Lipinski definition) is 4. The van der Waals surface area contributed by atoms with E-state index in [1.807, 2.05) is 36.5 Å². The summed E-state index contributed by atoms with van der Waals surface area (Å²) in [4.78, 5) is 18.8. The Morgan fingerprint density at radius 1 is 1.32 bits per heavy atom. The summed E-state index contributed by atoms with van der Waals surface area (Å²) in [6, 6.07) is 9.45. The number of carbonyl (C=O) groups excluding carboxylic acids is 1. The van der Waals surface area contributed by atoms with Crippen molar-refractivity contribution >= 4 is 44.8 Å². The molecule has 128 valence electrons. The third-order valence-electron chi connectivity index (χ3n) is 4.28. The molecule has 1 saturated heterocycles. The smallest absolute Gasteiger partial charge is 0.226 e. The first-order valence-electron chi connectivity index (χ1n) is 7.86. The lowest BCUT2D eigenvalue weighted by Gasteiger charge is -2.39. The van der Waals surface area contributed by atoms with Crippen LogP contribution in [0.2, 0.25) is 5.02 Å². The zero-order chi connectivity index (χ0) is 17.4. The summed E-state index contributed by atoms with van der Waals surface area (Å²) in [5.41, 5.74) is 1.96. The van der Waals surface area contributed by atoms with Crippen molar-refractivity contribution in [2.24, 2.45) is 5.92 Å². The van der Waals surface area contributed by atoms with Gasteiger partial charge in [0.25, 0.3) is 0 Å². The highest BCUT2D eigenvalue weighted by atomic mass is 79.9. The van der Waals surface area contributed by atoms with E-state index in [1.54, 1.807) is 4.52 Å². The molecular formula is C17H15BrClN5O. The van der Waals surface area contributed by atoms with Crippen LogP contribution < -0.4 is 10.2 Å². The monoisotopic (exact) mass is 419 g/mol. The van der Waals surface area contributed by atoms with E-state index in [2.05, 4.69) is 36.2 Å². The number of anilines is 1. The van der Waals surface area contributed by atoms with Gasteiger partial charge in [0.15, 0.2) is 5.82 Å². The minimum atomic E-state index is -0.0271. The summed E-state index contributed by atoms with van der Waals surface area (Å²) in [6.45, 7) is 1.82. The molecule has 1 aromatic carbocycles.